The van der Waals surface area contributed by atoms with Gasteiger partial charge in [-0.05, 0) is 29.2 Å². The number of nitrogens with one attached hydrogen (secondary N) is 1. The highest BCUT2D eigenvalue weighted by Gasteiger charge is 2.24. The van der Waals surface area contributed by atoms with E-state index in [9.17, 15) is 4.79 Å². The molecule has 0 spiro atoms. The number of nitrogens with zero attached hydrogens (tertiary/aromatic N) is 1. The Kier molecular flexibility index (Phi) is 5.92. The van der Waals surface area contributed by atoms with Gasteiger partial charge in [-0.3, -0.25) is 10.1 Å². The van der Waals surface area contributed by atoms with Gasteiger partial charge in [-0.15, -0.1) is 0 Å². The number of carbonyl (C=O) groups is 1. The molecule has 0 radical (unpaired) electrons. The van der Waals surface area contributed by atoms with E-state index in [0.717, 1.165) is 35.4 Å². The van der Waals surface area contributed by atoms with E-state index < -0.39 is 0 Å². The molecule has 0 aliphatic carbocycles. The molecule has 0 aromatic heterocycles. The second kappa shape index (κ2) is 8.93. The van der Waals surface area contributed by atoms with Gasteiger partial charge in [-0.1, -0.05) is 72.8 Å². The summed E-state index contributed by atoms with van der Waals surface area (Å²) in [6.45, 7) is 1.63. The molecule has 0 saturated heterocycles. The van der Waals surface area contributed by atoms with Crippen LogP contribution in [0, 0.1) is 0 Å². The third kappa shape index (κ3) is 4.33. The van der Waals surface area contributed by atoms with Gasteiger partial charge in [0, 0.05) is 18.7 Å². The fraction of sp³-hybridized carbons (Fsp3) is 0.240. The van der Waals surface area contributed by atoms with E-state index in [2.05, 4.69) is 35.6 Å². The fourth-order valence-electron chi connectivity index (χ4n) is 3.97. The lowest BCUT2D eigenvalue weighted by molar-refractivity contribution is -0.131. The highest BCUT2D eigenvalue weighted by molar-refractivity contribution is 5.79. The van der Waals surface area contributed by atoms with Crippen LogP contribution in [0.3, 0.4) is 0 Å². The lowest BCUT2D eigenvalue weighted by Gasteiger charge is -2.30. The number of methoxy groups -OCH3 is 1. The van der Waals surface area contributed by atoms with E-state index in [1.165, 1.54) is 5.56 Å². The number of fused-ring (bicyclic) bond motifs is 1. The monoisotopic (exact) mass is 386 g/mol. The summed E-state index contributed by atoms with van der Waals surface area (Å²) in [6, 6.07) is 26.6. The topological polar surface area (TPSA) is 41.6 Å². The van der Waals surface area contributed by atoms with Crippen LogP contribution in [0.1, 0.15) is 28.3 Å². The minimum absolute atomic E-state index is 0.0204. The SMILES string of the molecule is COc1cccc2c1CN(C(=O)CNC(c1ccccc1)c1ccccc1)CC2. The van der Waals surface area contributed by atoms with Crippen LogP contribution in [0.15, 0.2) is 78.9 Å². The molecule has 3 aromatic rings. The van der Waals surface area contributed by atoms with Crippen LogP contribution in [0.2, 0.25) is 0 Å². The van der Waals surface area contributed by atoms with Crippen LogP contribution >= 0.6 is 0 Å². The molecule has 3 aromatic carbocycles. The van der Waals surface area contributed by atoms with Crippen molar-refractivity contribution in [1.29, 1.82) is 0 Å². The first-order valence-electron chi connectivity index (χ1n) is 10.0. The van der Waals surface area contributed by atoms with E-state index in [-0.39, 0.29) is 11.9 Å². The summed E-state index contributed by atoms with van der Waals surface area (Å²) in [5, 5.41) is 3.48. The van der Waals surface area contributed by atoms with Gasteiger partial charge in [0.2, 0.25) is 5.91 Å². The Labute approximate surface area is 172 Å². The summed E-state index contributed by atoms with van der Waals surface area (Å²) < 4.78 is 5.50. The molecule has 1 amide bonds. The van der Waals surface area contributed by atoms with Crippen molar-refractivity contribution in [1.82, 2.24) is 10.2 Å². The number of ether oxygens (including phenoxy) is 1. The molecule has 4 rings (SSSR count). The largest absolute Gasteiger partial charge is 0.496 e. The van der Waals surface area contributed by atoms with Crippen molar-refractivity contribution in [2.24, 2.45) is 0 Å². The molecule has 0 fully saturated rings. The van der Waals surface area contributed by atoms with Crippen molar-refractivity contribution in [3.63, 3.8) is 0 Å². The second-order valence-corrected chi connectivity index (χ2v) is 7.30. The predicted octanol–water partition coefficient (Wildman–Crippen LogP) is 3.96. The molecule has 0 atom stereocenters. The molecular weight excluding hydrogens is 360 g/mol. The molecule has 29 heavy (non-hydrogen) atoms. The zero-order valence-corrected chi connectivity index (χ0v) is 16.7. The number of hydrogen-bond acceptors (Lipinski definition) is 3. The number of carbonyl (C=O) groups excluding carboxylic acids is 1. The third-order valence-corrected chi connectivity index (χ3v) is 5.53. The zero-order valence-electron chi connectivity index (χ0n) is 16.7. The first-order chi connectivity index (χ1) is 14.3. The Morgan fingerprint density at radius 3 is 2.24 bits per heavy atom. The summed E-state index contributed by atoms with van der Waals surface area (Å²) in [7, 11) is 1.68. The normalized spacial score (nSPS) is 13.2. The van der Waals surface area contributed by atoms with E-state index in [1.54, 1.807) is 7.11 Å². The fourth-order valence-corrected chi connectivity index (χ4v) is 3.97. The molecule has 0 bridgehead atoms. The van der Waals surface area contributed by atoms with Crippen molar-refractivity contribution in [2.45, 2.75) is 19.0 Å². The Bertz CT molecular complexity index is 903. The number of amides is 1. The van der Waals surface area contributed by atoms with Crippen LogP contribution in [-0.2, 0) is 17.8 Å². The maximum absolute atomic E-state index is 13.0. The average Bonchev–Trinajstić information content (AvgIpc) is 2.79. The summed E-state index contributed by atoms with van der Waals surface area (Å²) in [4.78, 5) is 14.9. The predicted molar refractivity (Wildman–Crippen MR) is 115 cm³/mol. The smallest absolute Gasteiger partial charge is 0.236 e. The zero-order chi connectivity index (χ0) is 20.1. The Hall–Kier alpha value is -3.11. The molecule has 148 valence electrons. The van der Waals surface area contributed by atoms with Crippen molar-refractivity contribution in [2.75, 3.05) is 20.2 Å². The van der Waals surface area contributed by atoms with Gasteiger partial charge in [0.25, 0.3) is 0 Å². The lowest BCUT2D eigenvalue weighted by atomic mass is 9.98. The van der Waals surface area contributed by atoms with Crippen LogP contribution in [0.5, 0.6) is 5.75 Å². The quantitative estimate of drug-likeness (QED) is 0.697. The Morgan fingerprint density at radius 2 is 1.62 bits per heavy atom. The van der Waals surface area contributed by atoms with E-state index in [0.29, 0.717) is 13.1 Å². The molecule has 1 aliphatic heterocycles. The molecule has 0 unspecified atom stereocenters. The summed E-state index contributed by atoms with van der Waals surface area (Å²) in [5.41, 5.74) is 4.69. The van der Waals surface area contributed by atoms with E-state index in [4.69, 9.17) is 4.74 Å². The molecule has 4 heteroatoms. The minimum atomic E-state index is -0.0204. The second-order valence-electron chi connectivity index (χ2n) is 7.30. The van der Waals surface area contributed by atoms with E-state index >= 15 is 0 Å². The molecule has 0 saturated carbocycles. The maximum atomic E-state index is 13.0. The summed E-state index contributed by atoms with van der Waals surface area (Å²) in [5.74, 6) is 0.970. The van der Waals surface area contributed by atoms with Gasteiger partial charge >= 0.3 is 0 Å². The Balaban J connectivity index is 1.47. The highest BCUT2D eigenvalue weighted by Crippen LogP contribution is 2.28. The number of benzene rings is 3. The van der Waals surface area contributed by atoms with Crippen molar-refractivity contribution in [3.8, 4) is 5.75 Å². The lowest BCUT2D eigenvalue weighted by Crippen LogP contribution is -2.42. The van der Waals surface area contributed by atoms with Crippen LogP contribution < -0.4 is 10.1 Å². The van der Waals surface area contributed by atoms with Gasteiger partial charge in [0.15, 0.2) is 0 Å². The first kappa shape index (κ1) is 19.2. The van der Waals surface area contributed by atoms with Crippen molar-refractivity contribution in [3.05, 3.63) is 101 Å². The standard InChI is InChI=1S/C25H26N2O2/c1-29-23-14-8-13-19-15-16-27(18-22(19)23)24(28)17-26-25(20-9-4-2-5-10-20)21-11-6-3-7-12-21/h2-14,25-26H,15-18H2,1H3. The molecule has 1 aliphatic rings. The van der Waals surface area contributed by atoms with Gasteiger partial charge < -0.3 is 9.64 Å². The van der Waals surface area contributed by atoms with Gasteiger partial charge in [0.1, 0.15) is 5.75 Å². The Morgan fingerprint density at radius 1 is 0.966 bits per heavy atom. The van der Waals surface area contributed by atoms with Crippen LogP contribution in [-0.4, -0.2) is 31.0 Å². The maximum Gasteiger partial charge on any atom is 0.236 e. The first-order valence-corrected chi connectivity index (χ1v) is 10.0. The van der Waals surface area contributed by atoms with Crippen molar-refractivity contribution >= 4 is 5.91 Å². The van der Waals surface area contributed by atoms with Gasteiger partial charge in [-0.2, -0.15) is 0 Å². The van der Waals surface area contributed by atoms with Crippen molar-refractivity contribution < 1.29 is 9.53 Å². The van der Waals surface area contributed by atoms with Crippen LogP contribution in [0.4, 0.5) is 0 Å². The summed E-state index contributed by atoms with van der Waals surface area (Å²) >= 11 is 0. The average molecular weight is 386 g/mol. The van der Waals surface area contributed by atoms with Gasteiger partial charge in [0.05, 0.1) is 19.7 Å². The third-order valence-electron chi connectivity index (χ3n) is 5.53. The van der Waals surface area contributed by atoms with E-state index in [1.807, 2.05) is 53.4 Å². The number of hydrogen-bond donors (Lipinski definition) is 1. The highest BCUT2D eigenvalue weighted by atomic mass is 16.5. The number of rotatable bonds is 6. The minimum Gasteiger partial charge on any atom is -0.496 e. The summed E-state index contributed by atoms with van der Waals surface area (Å²) in [6.07, 6.45) is 0.860. The molecule has 1 N–H and O–H groups in total. The van der Waals surface area contributed by atoms with Gasteiger partial charge in [-0.25, -0.2) is 0 Å². The van der Waals surface area contributed by atoms with Crippen LogP contribution in [0.25, 0.3) is 0 Å². The molecule has 1 heterocycles. The molecular formula is C25H26N2O2. The molecule has 4 nitrogen and oxygen atoms in total.